The lowest BCUT2D eigenvalue weighted by Crippen LogP contribution is -2.27. The summed E-state index contributed by atoms with van der Waals surface area (Å²) in [6, 6.07) is 9.98. The van der Waals surface area contributed by atoms with Crippen LogP contribution in [-0.4, -0.2) is 37.6 Å². The van der Waals surface area contributed by atoms with Crippen LogP contribution >= 0.6 is 0 Å². The number of benzene rings is 1. The Labute approximate surface area is 128 Å². The number of hydrogen-bond donors (Lipinski definition) is 0. The summed E-state index contributed by atoms with van der Waals surface area (Å²) in [5, 5.41) is 8.54. The standard InChI is InChI=1S/C16H17N5O/c1-20(15(22)7-9-21-11-18-19-12-21)10-14-5-2-4-13-6-3-8-17-16(13)14/h2-6,8,11-12H,7,9-10H2,1H3. The van der Waals surface area contributed by atoms with Crippen molar-refractivity contribution in [2.24, 2.45) is 0 Å². The van der Waals surface area contributed by atoms with E-state index in [-0.39, 0.29) is 5.91 Å². The maximum Gasteiger partial charge on any atom is 0.224 e. The first kappa shape index (κ1) is 14.2. The van der Waals surface area contributed by atoms with Crippen molar-refractivity contribution >= 4 is 16.8 Å². The molecule has 0 aliphatic rings. The molecule has 0 aliphatic heterocycles. The first-order chi connectivity index (χ1) is 10.7. The summed E-state index contributed by atoms with van der Waals surface area (Å²) in [5.41, 5.74) is 2.00. The quantitative estimate of drug-likeness (QED) is 0.721. The molecule has 2 aromatic heterocycles. The van der Waals surface area contributed by atoms with Crippen molar-refractivity contribution in [2.45, 2.75) is 19.5 Å². The van der Waals surface area contributed by atoms with Crippen LogP contribution in [0.3, 0.4) is 0 Å². The second kappa shape index (κ2) is 6.34. The van der Waals surface area contributed by atoms with E-state index in [1.165, 1.54) is 0 Å². The van der Waals surface area contributed by atoms with Gasteiger partial charge in [0, 0.05) is 38.1 Å². The van der Waals surface area contributed by atoms with E-state index in [0.717, 1.165) is 16.5 Å². The van der Waals surface area contributed by atoms with Crippen molar-refractivity contribution in [1.82, 2.24) is 24.6 Å². The van der Waals surface area contributed by atoms with E-state index >= 15 is 0 Å². The zero-order valence-corrected chi connectivity index (χ0v) is 12.4. The molecule has 112 valence electrons. The van der Waals surface area contributed by atoms with E-state index in [0.29, 0.717) is 19.5 Å². The Bertz CT molecular complexity index is 764. The van der Waals surface area contributed by atoms with E-state index in [2.05, 4.69) is 15.2 Å². The van der Waals surface area contributed by atoms with Gasteiger partial charge in [-0.2, -0.15) is 0 Å². The molecule has 2 heterocycles. The van der Waals surface area contributed by atoms with Crippen LogP contribution in [0.4, 0.5) is 0 Å². The van der Waals surface area contributed by atoms with Crippen molar-refractivity contribution < 1.29 is 4.79 Å². The summed E-state index contributed by atoms with van der Waals surface area (Å²) in [7, 11) is 1.82. The molecule has 0 N–H and O–H groups in total. The Morgan fingerprint density at radius 3 is 2.77 bits per heavy atom. The molecular formula is C16H17N5O. The number of aryl methyl sites for hydroxylation is 1. The molecule has 3 rings (SSSR count). The highest BCUT2D eigenvalue weighted by Crippen LogP contribution is 2.17. The third-order valence-electron chi connectivity index (χ3n) is 3.60. The number of rotatable bonds is 5. The summed E-state index contributed by atoms with van der Waals surface area (Å²) in [6.45, 7) is 1.14. The maximum absolute atomic E-state index is 12.2. The van der Waals surface area contributed by atoms with Crippen molar-refractivity contribution in [3.63, 3.8) is 0 Å². The molecule has 1 aromatic carbocycles. The average molecular weight is 295 g/mol. The summed E-state index contributed by atoms with van der Waals surface area (Å²) < 4.78 is 1.80. The molecule has 0 radical (unpaired) electrons. The Balaban J connectivity index is 1.67. The average Bonchev–Trinajstić information content (AvgIpc) is 3.06. The monoisotopic (exact) mass is 295 g/mol. The summed E-state index contributed by atoms with van der Waals surface area (Å²) >= 11 is 0. The fourth-order valence-corrected chi connectivity index (χ4v) is 2.39. The number of hydrogen-bond acceptors (Lipinski definition) is 4. The number of carbonyl (C=O) groups is 1. The van der Waals surface area contributed by atoms with E-state index in [1.54, 1.807) is 28.3 Å². The van der Waals surface area contributed by atoms with Crippen LogP contribution in [0.2, 0.25) is 0 Å². The predicted molar refractivity (Wildman–Crippen MR) is 82.9 cm³/mol. The van der Waals surface area contributed by atoms with Gasteiger partial charge in [0.1, 0.15) is 12.7 Å². The van der Waals surface area contributed by atoms with Gasteiger partial charge in [-0.15, -0.1) is 10.2 Å². The fraction of sp³-hybridized carbons (Fsp3) is 0.250. The smallest absolute Gasteiger partial charge is 0.224 e. The van der Waals surface area contributed by atoms with E-state index in [4.69, 9.17) is 0 Å². The van der Waals surface area contributed by atoms with Crippen LogP contribution in [0.1, 0.15) is 12.0 Å². The largest absolute Gasteiger partial charge is 0.341 e. The molecule has 6 heteroatoms. The number of para-hydroxylation sites is 1. The zero-order valence-electron chi connectivity index (χ0n) is 12.4. The highest BCUT2D eigenvalue weighted by molar-refractivity contribution is 5.82. The molecule has 6 nitrogen and oxygen atoms in total. The molecule has 1 amide bonds. The fourth-order valence-electron chi connectivity index (χ4n) is 2.39. The molecule has 0 bridgehead atoms. The van der Waals surface area contributed by atoms with Crippen molar-refractivity contribution in [3.8, 4) is 0 Å². The minimum atomic E-state index is 0.0848. The second-order valence-corrected chi connectivity index (χ2v) is 5.19. The van der Waals surface area contributed by atoms with E-state index < -0.39 is 0 Å². The van der Waals surface area contributed by atoms with Crippen molar-refractivity contribution in [3.05, 3.63) is 54.7 Å². The van der Waals surface area contributed by atoms with Gasteiger partial charge in [0.15, 0.2) is 0 Å². The first-order valence-electron chi connectivity index (χ1n) is 7.13. The van der Waals surface area contributed by atoms with Gasteiger partial charge in [-0.1, -0.05) is 24.3 Å². The third-order valence-corrected chi connectivity index (χ3v) is 3.60. The van der Waals surface area contributed by atoms with Gasteiger partial charge in [-0.3, -0.25) is 9.78 Å². The Morgan fingerprint density at radius 1 is 1.18 bits per heavy atom. The third kappa shape index (κ3) is 3.11. The van der Waals surface area contributed by atoms with Crippen LogP contribution in [0.25, 0.3) is 10.9 Å². The van der Waals surface area contributed by atoms with Gasteiger partial charge in [0.2, 0.25) is 5.91 Å². The molecule has 0 unspecified atom stereocenters. The van der Waals surface area contributed by atoms with Gasteiger partial charge >= 0.3 is 0 Å². The normalized spacial score (nSPS) is 10.8. The Morgan fingerprint density at radius 2 is 1.95 bits per heavy atom. The number of aromatic nitrogens is 4. The lowest BCUT2D eigenvalue weighted by molar-refractivity contribution is -0.130. The van der Waals surface area contributed by atoms with Crippen LogP contribution in [0.5, 0.6) is 0 Å². The molecule has 0 saturated heterocycles. The number of amides is 1. The minimum Gasteiger partial charge on any atom is -0.341 e. The number of fused-ring (bicyclic) bond motifs is 1. The zero-order chi connectivity index (χ0) is 15.4. The van der Waals surface area contributed by atoms with Crippen molar-refractivity contribution in [1.29, 1.82) is 0 Å². The van der Waals surface area contributed by atoms with Gasteiger partial charge in [0.25, 0.3) is 0 Å². The minimum absolute atomic E-state index is 0.0848. The molecule has 0 fully saturated rings. The van der Waals surface area contributed by atoms with Crippen LogP contribution in [0.15, 0.2) is 49.2 Å². The Kier molecular flexibility index (Phi) is 4.09. The van der Waals surface area contributed by atoms with Gasteiger partial charge in [-0.25, -0.2) is 0 Å². The van der Waals surface area contributed by atoms with Crippen LogP contribution in [0, 0.1) is 0 Å². The summed E-state index contributed by atoms with van der Waals surface area (Å²) in [6.07, 6.45) is 5.43. The topological polar surface area (TPSA) is 63.9 Å². The summed E-state index contributed by atoms with van der Waals surface area (Å²) in [4.78, 5) is 18.4. The predicted octanol–water partition coefficient (Wildman–Crippen LogP) is 1.88. The number of pyridine rings is 1. The SMILES string of the molecule is CN(Cc1cccc2cccnc12)C(=O)CCn1cnnc1. The molecule has 0 atom stereocenters. The van der Waals surface area contributed by atoms with Gasteiger partial charge in [-0.05, 0) is 11.6 Å². The highest BCUT2D eigenvalue weighted by Gasteiger charge is 2.11. The van der Waals surface area contributed by atoms with E-state index in [9.17, 15) is 4.79 Å². The molecule has 3 aromatic rings. The lowest BCUT2D eigenvalue weighted by Gasteiger charge is -2.18. The van der Waals surface area contributed by atoms with Crippen LogP contribution < -0.4 is 0 Å². The molecule has 0 saturated carbocycles. The molecule has 22 heavy (non-hydrogen) atoms. The molecule has 0 aliphatic carbocycles. The lowest BCUT2D eigenvalue weighted by atomic mass is 10.1. The van der Waals surface area contributed by atoms with E-state index in [1.807, 2.05) is 37.4 Å². The molecular weight excluding hydrogens is 278 g/mol. The Hall–Kier alpha value is -2.76. The number of nitrogens with zero attached hydrogens (tertiary/aromatic N) is 5. The van der Waals surface area contributed by atoms with Crippen LogP contribution in [-0.2, 0) is 17.9 Å². The van der Waals surface area contributed by atoms with Crippen molar-refractivity contribution in [2.75, 3.05) is 7.05 Å². The molecule has 0 spiro atoms. The van der Waals surface area contributed by atoms with Gasteiger partial charge < -0.3 is 9.47 Å². The summed E-state index contributed by atoms with van der Waals surface area (Å²) in [5.74, 6) is 0.0848. The maximum atomic E-state index is 12.2. The number of carbonyl (C=O) groups excluding carboxylic acids is 1. The first-order valence-corrected chi connectivity index (χ1v) is 7.13. The highest BCUT2D eigenvalue weighted by atomic mass is 16.2. The second-order valence-electron chi connectivity index (χ2n) is 5.19. The van der Waals surface area contributed by atoms with Gasteiger partial charge in [0.05, 0.1) is 5.52 Å².